The molecular formula is C16H16O8. The average molecular weight is 336 g/mol. The van der Waals surface area contributed by atoms with Crippen molar-refractivity contribution >= 4 is 23.9 Å². The highest BCUT2D eigenvalue weighted by atomic mass is 16.4. The maximum absolute atomic E-state index is 11.3. The number of carboxylic acids is 4. The smallest absolute Gasteiger partial charge is 0.303 e. The van der Waals surface area contributed by atoms with Gasteiger partial charge in [0.15, 0.2) is 0 Å². The molecule has 0 aromatic rings. The van der Waals surface area contributed by atoms with E-state index in [4.69, 9.17) is 0 Å². The highest BCUT2D eigenvalue weighted by Crippen LogP contribution is 3.20. The second kappa shape index (κ2) is 3.32. The summed E-state index contributed by atoms with van der Waals surface area (Å²) < 4.78 is 0. The average Bonchev–Trinajstić information content (AvgIpc) is 2.42. The van der Waals surface area contributed by atoms with Crippen molar-refractivity contribution in [3.63, 3.8) is 0 Å². The minimum atomic E-state index is -0.992. The molecule has 8 nitrogen and oxygen atoms in total. The van der Waals surface area contributed by atoms with E-state index in [1.54, 1.807) is 0 Å². The Morgan fingerprint density at radius 2 is 0.667 bits per heavy atom. The van der Waals surface area contributed by atoms with E-state index in [0.29, 0.717) is 0 Å². The molecule has 0 radical (unpaired) electrons. The second-order valence-corrected chi connectivity index (χ2v) is 8.35. The molecule has 0 spiro atoms. The van der Waals surface area contributed by atoms with Gasteiger partial charge in [0.2, 0.25) is 0 Å². The summed E-state index contributed by atoms with van der Waals surface area (Å²) in [4.78, 5) is 45.3. The van der Waals surface area contributed by atoms with Crippen LogP contribution in [0.2, 0.25) is 0 Å². The number of carbonyl (C=O) groups is 4. The van der Waals surface area contributed by atoms with Crippen LogP contribution >= 0.6 is 0 Å². The lowest BCUT2D eigenvalue weighted by molar-refractivity contribution is -0.737. The molecule has 6 fully saturated rings. The van der Waals surface area contributed by atoms with Crippen molar-refractivity contribution in [1.82, 2.24) is 0 Å². The van der Waals surface area contributed by atoms with Crippen molar-refractivity contribution in [1.29, 1.82) is 0 Å². The van der Waals surface area contributed by atoms with Gasteiger partial charge in [0.25, 0.3) is 0 Å². The largest absolute Gasteiger partial charge is 0.481 e. The molecule has 0 amide bonds. The first-order valence-corrected chi connectivity index (χ1v) is 8.02. The fourth-order valence-corrected chi connectivity index (χ4v) is 9.27. The number of carboxylic acid groups (broad SMARTS) is 4. The molecule has 6 aliphatic rings. The highest BCUT2D eigenvalue weighted by molar-refractivity contribution is 5.83. The number of rotatable bonds is 8. The minimum absolute atomic E-state index is 0.132. The van der Waals surface area contributed by atoms with Crippen LogP contribution in [0.25, 0.3) is 0 Å². The van der Waals surface area contributed by atoms with Gasteiger partial charge in [-0.05, 0) is 45.3 Å². The van der Waals surface area contributed by atoms with Gasteiger partial charge in [0.05, 0.1) is 25.7 Å². The van der Waals surface area contributed by atoms with Crippen LogP contribution in [0.5, 0.6) is 0 Å². The summed E-state index contributed by atoms with van der Waals surface area (Å²) >= 11 is 0. The molecule has 0 atom stereocenters. The predicted octanol–water partition coefficient (Wildman–Crippen LogP) is 0.364. The van der Waals surface area contributed by atoms with Crippen LogP contribution in [0.3, 0.4) is 0 Å². The van der Waals surface area contributed by atoms with E-state index >= 15 is 0 Å². The van der Waals surface area contributed by atoms with Crippen molar-refractivity contribution in [2.45, 2.75) is 25.7 Å². The van der Waals surface area contributed by atoms with Crippen molar-refractivity contribution in [3.05, 3.63) is 0 Å². The van der Waals surface area contributed by atoms with Crippen LogP contribution in [-0.2, 0) is 19.2 Å². The molecule has 24 heavy (non-hydrogen) atoms. The first-order valence-electron chi connectivity index (χ1n) is 8.02. The SMILES string of the molecule is O=C(O)CC12C3C4C1(CC(=O)O)C1C2C3(CC(=O)O)C41CC(=O)O. The van der Waals surface area contributed by atoms with Gasteiger partial charge in [-0.2, -0.15) is 0 Å². The van der Waals surface area contributed by atoms with E-state index in [1.807, 2.05) is 0 Å². The second-order valence-electron chi connectivity index (χ2n) is 8.35. The number of aliphatic carboxylic acids is 4. The summed E-state index contributed by atoms with van der Waals surface area (Å²) in [6, 6.07) is 0. The Balaban J connectivity index is 1.57. The zero-order valence-corrected chi connectivity index (χ0v) is 12.6. The van der Waals surface area contributed by atoms with E-state index in [1.165, 1.54) is 0 Å². The van der Waals surface area contributed by atoms with Crippen LogP contribution in [0.1, 0.15) is 25.7 Å². The Morgan fingerprint density at radius 1 is 0.500 bits per heavy atom. The molecular weight excluding hydrogens is 320 g/mol. The summed E-state index contributed by atoms with van der Waals surface area (Å²) in [6.07, 6.45) is -0.527. The first kappa shape index (κ1) is 14.2. The predicted molar refractivity (Wildman–Crippen MR) is 72.7 cm³/mol. The molecule has 8 heteroatoms. The van der Waals surface area contributed by atoms with Crippen LogP contribution in [0.4, 0.5) is 0 Å². The molecule has 0 bridgehead atoms. The maximum atomic E-state index is 11.3. The summed E-state index contributed by atoms with van der Waals surface area (Å²) in [7, 11) is 0. The van der Waals surface area contributed by atoms with Gasteiger partial charge in [0.1, 0.15) is 0 Å². The van der Waals surface area contributed by atoms with E-state index in [-0.39, 0.29) is 49.4 Å². The highest BCUT2D eigenvalue weighted by Gasteiger charge is 3.19. The van der Waals surface area contributed by atoms with Crippen molar-refractivity contribution < 1.29 is 39.6 Å². The summed E-state index contributed by atoms with van der Waals surface area (Å²) in [5.74, 6) is -4.50. The third-order valence-electron chi connectivity index (χ3n) is 8.61. The lowest BCUT2D eigenvalue weighted by atomic mass is 8.83. The molecule has 6 aliphatic carbocycles. The Labute approximate surface area is 135 Å². The molecule has 0 unspecified atom stereocenters. The topological polar surface area (TPSA) is 149 Å². The van der Waals surface area contributed by atoms with Gasteiger partial charge in [0, 0.05) is 0 Å². The maximum Gasteiger partial charge on any atom is 0.303 e. The molecule has 0 heterocycles. The van der Waals surface area contributed by atoms with Crippen molar-refractivity contribution in [2.24, 2.45) is 45.3 Å². The molecule has 0 aliphatic heterocycles. The van der Waals surface area contributed by atoms with E-state index in [2.05, 4.69) is 0 Å². The van der Waals surface area contributed by atoms with Gasteiger partial charge in [-0.3, -0.25) is 19.2 Å². The fourth-order valence-electron chi connectivity index (χ4n) is 9.27. The van der Waals surface area contributed by atoms with E-state index < -0.39 is 45.5 Å². The van der Waals surface area contributed by atoms with Crippen molar-refractivity contribution in [3.8, 4) is 0 Å². The van der Waals surface area contributed by atoms with Crippen LogP contribution in [0.15, 0.2) is 0 Å². The van der Waals surface area contributed by atoms with Crippen LogP contribution < -0.4 is 0 Å². The first-order chi connectivity index (χ1) is 11.1. The zero-order valence-electron chi connectivity index (χ0n) is 12.6. The fraction of sp³-hybridized carbons (Fsp3) is 0.750. The Kier molecular flexibility index (Phi) is 1.97. The normalized spacial score (nSPS) is 55.7. The third-order valence-corrected chi connectivity index (χ3v) is 8.61. The van der Waals surface area contributed by atoms with Gasteiger partial charge in [-0.15, -0.1) is 0 Å². The van der Waals surface area contributed by atoms with E-state index in [9.17, 15) is 39.6 Å². The quantitative estimate of drug-likeness (QED) is 0.496. The number of hydrogen-bond acceptors (Lipinski definition) is 4. The Morgan fingerprint density at radius 3 is 0.792 bits per heavy atom. The lowest BCUT2D eigenvalue weighted by Crippen LogP contribution is -3.18. The summed E-state index contributed by atoms with van der Waals surface area (Å²) in [5, 5.41) is 37.1. The van der Waals surface area contributed by atoms with Crippen LogP contribution in [0, 0.1) is 45.3 Å². The van der Waals surface area contributed by atoms with Gasteiger partial charge in [-0.25, -0.2) is 0 Å². The summed E-state index contributed by atoms with van der Waals surface area (Å²) in [5.41, 5.74) is -2.44. The molecule has 6 saturated carbocycles. The standard InChI is InChI=1S/C16H16O8/c17-5(18)1-13-9-11-14(13,2-6(19)20)12-10(13)15(9,3-7(21)22)16(11,12)4-8(23)24/h9-12H,1-4H2,(H,17,18)(H,19,20)(H,21,22)(H,23,24). The number of hydrogen-bond donors (Lipinski definition) is 4. The van der Waals surface area contributed by atoms with E-state index in [0.717, 1.165) is 0 Å². The zero-order chi connectivity index (χ0) is 17.4. The summed E-state index contributed by atoms with van der Waals surface area (Å²) in [6.45, 7) is 0. The van der Waals surface area contributed by atoms with Crippen molar-refractivity contribution in [2.75, 3.05) is 0 Å². The molecule has 0 aromatic carbocycles. The third kappa shape index (κ3) is 0.839. The minimum Gasteiger partial charge on any atom is -0.481 e. The van der Waals surface area contributed by atoms with Gasteiger partial charge >= 0.3 is 23.9 Å². The lowest BCUT2D eigenvalue weighted by Gasteiger charge is -3.19. The molecule has 4 N–H and O–H groups in total. The molecule has 0 saturated heterocycles. The van der Waals surface area contributed by atoms with Crippen LogP contribution in [-0.4, -0.2) is 44.3 Å². The Bertz CT molecular complexity index is 622. The van der Waals surface area contributed by atoms with Gasteiger partial charge < -0.3 is 20.4 Å². The van der Waals surface area contributed by atoms with Gasteiger partial charge in [-0.1, -0.05) is 0 Å². The Hall–Kier alpha value is -2.12. The molecule has 128 valence electrons. The molecule has 6 rings (SSSR count). The monoisotopic (exact) mass is 336 g/mol. The molecule has 0 aromatic heterocycles.